The van der Waals surface area contributed by atoms with E-state index in [1.165, 1.54) is 5.56 Å². The topological polar surface area (TPSA) is 82.6 Å². The normalized spacial score (nSPS) is 17.6. The molecular weight excluding hydrogens is 378 g/mol. The number of amidine groups is 1. The third-order valence-corrected chi connectivity index (χ3v) is 5.69. The molecule has 0 aliphatic carbocycles. The molecule has 7 nitrogen and oxygen atoms in total. The van der Waals surface area contributed by atoms with E-state index in [2.05, 4.69) is 34.7 Å². The van der Waals surface area contributed by atoms with Crippen LogP contribution in [0.2, 0.25) is 0 Å². The zero-order valence-corrected chi connectivity index (χ0v) is 16.8. The van der Waals surface area contributed by atoms with Crippen LogP contribution in [-0.4, -0.2) is 45.7 Å². The van der Waals surface area contributed by atoms with E-state index in [1.54, 1.807) is 0 Å². The molecule has 0 bridgehead atoms. The molecule has 0 unspecified atom stereocenters. The van der Waals surface area contributed by atoms with Gasteiger partial charge in [0.2, 0.25) is 0 Å². The molecular formula is C23H23N5O2. The zero-order chi connectivity index (χ0) is 20.6. The largest absolute Gasteiger partial charge is 0.337 e. The van der Waals surface area contributed by atoms with Crippen molar-refractivity contribution in [2.24, 2.45) is 4.99 Å². The summed E-state index contributed by atoms with van der Waals surface area (Å²) in [5.74, 6) is 0.698. The minimum absolute atomic E-state index is 0.0479. The highest BCUT2D eigenvalue weighted by atomic mass is 16.7. The molecule has 1 amide bonds. The Balaban J connectivity index is 1.26. The Morgan fingerprint density at radius 3 is 2.50 bits per heavy atom. The molecule has 1 spiro atoms. The molecule has 2 aliphatic heterocycles. The fourth-order valence-electron chi connectivity index (χ4n) is 3.86. The average Bonchev–Trinajstić information content (AvgIpc) is 3.43. The summed E-state index contributed by atoms with van der Waals surface area (Å²) < 4.78 is 0. The van der Waals surface area contributed by atoms with E-state index < -0.39 is 5.72 Å². The number of nitrogens with one attached hydrogen (secondary N) is 2. The van der Waals surface area contributed by atoms with Gasteiger partial charge < -0.3 is 4.90 Å². The van der Waals surface area contributed by atoms with Gasteiger partial charge in [0.15, 0.2) is 11.6 Å². The van der Waals surface area contributed by atoms with Gasteiger partial charge in [-0.15, -0.1) is 0 Å². The first kappa shape index (κ1) is 18.6. The molecule has 1 saturated heterocycles. The van der Waals surface area contributed by atoms with Crippen molar-refractivity contribution in [3.05, 3.63) is 77.5 Å². The zero-order valence-electron chi connectivity index (χ0n) is 16.8. The summed E-state index contributed by atoms with van der Waals surface area (Å²) in [6.07, 6.45) is 1.28. The highest BCUT2D eigenvalue weighted by Crippen LogP contribution is 2.31. The second kappa shape index (κ2) is 7.42. The van der Waals surface area contributed by atoms with E-state index >= 15 is 0 Å². The second-order valence-corrected chi connectivity index (χ2v) is 7.80. The van der Waals surface area contributed by atoms with E-state index in [9.17, 15) is 4.79 Å². The van der Waals surface area contributed by atoms with Gasteiger partial charge in [0.05, 0.1) is 5.69 Å². The third kappa shape index (κ3) is 3.48. The molecule has 0 saturated carbocycles. The van der Waals surface area contributed by atoms with E-state index in [0.717, 1.165) is 22.7 Å². The summed E-state index contributed by atoms with van der Waals surface area (Å²) >= 11 is 0. The van der Waals surface area contributed by atoms with Gasteiger partial charge in [0.25, 0.3) is 5.91 Å². The number of hydrogen-bond acceptors (Lipinski definition) is 5. The number of rotatable bonds is 3. The Morgan fingerprint density at radius 2 is 1.77 bits per heavy atom. The fourth-order valence-corrected chi connectivity index (χ4v) is 3.86. The van der Waals surface area contributed by atoms with E-state index in [0.29, 0.717) is 31.6 Å². The Bertz CT molecular complexity index is 1080. The number of carbonyl (C=O) groups is 1. The number of piperidine rings is 1. The van der Waals surface area contributed by atoms with Gasteiger partial charge in [-0.2, -0.15) is 5.10 Å². The maximum atomic E-state index is 12.9. The number of hydrogen-bond donors (Lipinski definition) is 2. The number of aromatic nitrogens is 2. The van der Waals surface area contributed by atoms with Gasteiger partial charge in [-0.25, -0.2) is 15.3 Å². The number of nitrogens with zero attached hydrogens (tertiary/aromatic N) is 3. The van der Waals surface area contributed by atoms with Crippen molar-refractivity contribution in [3.8, 4) is 11.3 Å². The lowest BCUT2D eigenvalue weighted by atomic mass is 10.0. The van der Waals surface area contributed by atoms with Crippen LogP contribution in [0.4, 0.5) is 0 Å². The lowest BCUT2D eigenvalue weighted by molar-refractivity contribution is -0.0850. The first-order valence-corrected chi connectivity index (χ1v) is 10.1. The minimum Gasteiger partial charge on any atom is -0.337 e. The summed E-state index contributed by atoms with van der Waals surface area (Å²) in [7, 11) is 0. The predicted octanol–water partition coefficient (Wildman–Crippen LogP) is 3.30. The molecule has 3 heterocycles. The number of likely N-dealkylation sites (tertiary alicyclic amines) is 1. The van der Waals surface area contributed by atoms with Crippen LogP contribution in [-0.2, 0) is 4.84 Å². The molecule has 1 fully saturated rings. The van der Waals surface area contributed by atoms with Gasteiger partial charge in [0.1, 0.15) is 5.69 Å². The fraction of sp³-hybridized carbons (Fsp3) is 0.261. The molecule has 7 heteroatoms. The number of aliphatic imine (C=N–C) groups is 1. The van der Waals surface area contributed by atoms with Crippen molar-refractivity contribution in [3.63, 3.8) is 0 Å². The number of hydroxylamine groups is 1. The van der Waals surface area contributed by atoms with Gasteiger partial charge >= 0.3 is 0 Å². The number of amides is 1. The maximum Gasteiger partial charge on any atom is 0.271 e. The standard InChI is InChI=1S/C23H23N5O2/c1-16-7-9-18(10-8-16)21-24-23(30-27-21)11-13-28(14-12-23)22(29)20-15-19(25-26-20)17-5-3-2-4-6-17/h2-10,15H,11-14H2,1H3,(H,24,27)(H,25,26). The summed E-state index contributed by atoms with van der Waals surface area (Å²) in [6.45, 7) is 3.21. The Hall–Kier alpha value is -3.45. The van der Waals surface area contributed by atoms with Crippen molar-refractivity contribution in [2.45, 2.75) is 25.5 Å². The number of aromatic amines is 1. The second-order valence-electron chi connectivity index (χ2n) is 7.80. The van der Waals surface area contributed by atoms with Crippen molar-refractivity contribution >= 4 is 11.7 Å². The van der Waals surface area contributed by atoms with Crippen LogP contribution in [0.15, 0.2) is 65.7 Å². The molecule has 2 aromatic carbocycles. The van der Waals surface area contributed by atoms with E-state index in [4.69, 9.17) is 9.83 Å². The summed E-state index contributed by atoms with van der Waals surface area (Å²) in [5.41, 5.74) is 6.82. The quantitative estimate of drug-likeness (QED) is 0.706. The molecule has 2 N–H and O–H groups in total. The molecule has 3 aromatic rings. The van der Waals surface area contributed by atoms with Crippen LogP contribution >= 0.6 is 0 Å². The Labute approximate surface area is 174 Å². The molecule has 5 rings (SSSR count). The van der Waals surface area contributed by atoms with Gasteiger partial charge in [-0.1, -0.05) is 60.2 Å². The Morgan fingerprint density at radius 1 is 1.03 bits per heavy atom. The third-order valence-electron chi connectivity index (χ3n) is 5.69. The maximum absolute atomic E-state index is 12.9. The lowest BCUT2D eigenvalue weighted by Crippen LogP contribution is -2.46. The average molecular weight is 401 g/mol. The first-order chi connectivity index (χ1) is 14.6. The number of benzene rings is 2. The first-order valence-electron chi connectivity index (χ1n) is 10.1. The van der Waals surface area contributed by atoms with Crippen LogP contribution in [0.1, 0.15) is 34.5 Å². The highest BCUT2D eigenvalue weighted by molar-refractivity contribution is 5.99. The van der Waals surface area contributed by atoms with Crippen LogP contribution in [0.5, 0.6) is 0 Å². The molecule has 152 valence electrons. The van der Waals surface area contributed by atoms with Crippen LogP contribution in [0.25, 0.3) is 11.3 Å². The van der Waals surface area contributed by atoms with Crippen molar-refractivity contribution in [2.75, 3.05) is 13.1 Å². The predicted molar refractivity (Wildman–Crippen MR) is 114 cm³/mol. The van der Waals surface area contributed by atoms with Crippen LogP contribution in [0.3, 0.4) is 0 Å². The molecule has 1 aromatic heterocycles. The van der Waals surface area contributed by atoms with Gasteiger partial charge in [-0.05, 0) is 13.0 Å². The minimum atomic E-state index is -0.611. The van der Waals surface area contributed by atoms with E-state index in [1.807, 2.05) is 53.4 Å². The molecule has 30 heavy (non-hydrogen) atoms. The highest BCUT2D eigenvalue weighted by Gasteiger charge is 2.41. The van der Waals surface area contributed by atoms with Gasteiger partial charge in [0, 0.05) is 37.1 Å². The smallest absolute Gasteiger partial charge is 0.271 e. The summed E-state index contributed by atoms with van der Waals surface area (Å²) in [5, 5.41) is 7.18. The summed E-state index contributed by atoms with van der Waals surface area (Å²) in [6, 6.07) is 19.8. The summed E-state index contributed by atoms with van der Waals surface area (Å²) in [4.78, 5) is 25.4. The Kier molecular flexibility index (Phi) is 4.59. The van der Waals surface area contributed by atoms with Crippen LogP contribution < -0.4 is 5.48 Å². The number of carbonyl (C=O) groups excluding carboxylic acids is 1. The number of H-pyrrole nitrogens is 1. The monoisotopic (exact) mass is 401 g/mol. The molecule has 0 atom stereocenters. The molecule has 2 aliphatic rings. The van der Waals surface area contributed by atoms with E-state index in [-0.39, 0.29) is 5.91 Å². The molecule has 0 radical (unpaired) electrons. The van der Waals surface area contributed by atoms with Crippen molar-refractivity contribution in [1.82, 2.24) is 20.6 Å². The van der Waals surface area contributed by atoms with Gasteiger partial charge in [-0.3, -0.25) is 9.89 Å². The lowest BCUT2D eigenvalue weighted by Gasteiger charge is -2.35. The van der Waals surface area contributed by atoms with Crippen molar-refractivity contribution in [1.29, 1.82) is 0 Å². The van der Waals surface area contributed by atoms with Crippen molar-refractivity contribution < 1.29 is 9.63 Å². The van der Waals surface area contributed by atoms with Crippen LogP contribution in [0, 0.1) is 6.92 Å². The number of aryl methyl sites for hydroxylation is 1. The SMILES string of the molecule is Cc1ccc(C2=NC3(CCN(C(=O)c4cc(-c5ccccc5)n[nH]4)CC3)ON2)cc1.